The standard InChI is InChI=1S/C17H18Cl2N2O4S/c1-10(25-2)7-15(22)20-5-6-21-16(23)14(26-17(21)24)8-11-3-4-12(18)9-13(11)19/h3-4,8-10H,5-7H2,1-2H3,(H,20,22)/b14-8-. The first kappa shape index (κ1) is 20.8. The van der Waals surface area contributed by atoms with E-state index in [0.29, 0.717) is 15.6 Å². The van der Waals surface area contributed by atoms with Gasteiger partial charge in [0, 0.05) is 30.2 Å². The Hall–Kier alpha value is -1.54. The van der Waals surface area contributed by atoms with Gasteiger partial charge in [0.15, 0.2) is 0 Å². The second kappa shape index (κ2) is 9.41. The van der Waals surface area contributed by atoms with Gasteiger partial charge in [0.25, 0.3) is 11.1 Å². The van der Waals surface area contributed by atoms with Crippen molar-refractivity contribution in [2.24, 2.45) is 0 Å². The van der Waals surface area contributed by atoms with Gasteiger partial charge in [-0.1, -0.05) is 29.3 Å². The molecule has 0 radical (unpaired) electrons. The summed E-state index contributed by atoms with van der Waals surface area (Å²) in [6.07, 6.45) is 1.58. The van der Waals surface area contributed by atoms with E-state index in [4.69, 9.17) is 27.9 Å². The molecule has 2 rings (SSSR count). The maximum atomic E-state index is 12.4. The number of imide groups is 1. The third-order valence-electron chi connectivity index (χ3n) is 3.66. The highest BCUT2D eigenvalue weighted by Gasteiger charge is 2.34. The molecule has 1 aliphatic heterocycles. The van der Waals surface area contributed by atoms with Gasteiger partial charge in [-0.05, 0) is 42.5 Å². The number of nitrogens with zero attached hydrogens (tertiary/aromatic N) is 1. The second-order valence-electron chi connectivity index (χ2n) is 5.60. The highest BCUT2D eigenvalue weighted by Crippen LogP contribution is 2.33. The Bertz CT molecular complexity index is 754. The molecule has 0 saturated carbocycles. The van der Waals surface area contributed by atoms with Crippen molar-refractivity contribution >= 4 is 58.1 Å². The summed E-state index contributed by atoms with van der Waals surface area (Å²) in [6, 6.07) is 4.89. The van der Waals surface area contributed by atoms with E-state index >= 15 is 0 Å². The van der Waals surface area contributed by atoms with Crippen LogP contribution in [0.15, 0.2) is 23.1 Å². The number of halogens is 2. The largest absolute Gasteiger partial charge is 0.381 e. The number of hydrogen-bond donors (Lipinski definition) is 1. The molecule has 0 aromatic heterocycles. The van der Waals surface area contributed by atoms with Crippen molar-refractivity contribution in [2.75, 3.05) is 20.2 Å². The van der Waals surface area contributed by atoms with Crippen molar-refractivity contribution < 1.29 is 19.1 Å². The minimum Gasteiger partial charge on any atom is -0.381 e. The molecule has 1 N–H and O–H groups in total. The summed E-state index contributed by atoms with van der Waals surface area (Å²) in [5.74, 6) is -0.611. The lowest BCUT2D eigenvalue weighted by atomic mass is 10.2. The lowest BCUT2D eigenvalue weighted by Crippen LogP contribution is -2.38. The number of methoxy groups -OCH3 is 1. The van der Waals surface area contributed by atoms with Crippen LogP contribution in [0.3, 0.4) is 0 Å². The number of carbonyl (C=O) groups is 3. The van der Waals surface area contributed by atoms with Crippen LogP contribution in [-0.4, -0.2) is 48.3 Å². The van der Waals surface area contributed by atoms with Gasteiger partial charge < -0.3 is 10.1 Å². The highest BCUT2D eigenvalue weighted by molar-refractivity contribution is 8.18. The summed E-state index contributed by atoms with van der Waals surface area (Å²) in [4.78, 5) is 37.5. The van der Waals surface area contributed by atoms with E-state index < -0.39 is 5.91 Å². The van der Waals surface area contributed by atoms with Gasteiger partial charge in [-0.25, -0.2) is 0 Å². The van der Waals surface area contributed by atoms with Gasteiger partial charge in [-0.15, -0.1) is 0 Å². The number of hydrogen-bond acceptors (Lipinski definition) is 5. The molecule has 0 bridgehead atoms. The van der Waals surface area contributed by atoms with Crippen molar-refractivity contribution in [1.29, 1.82) is 0 Å². The van der Waals surface area contributed by atoms with Gasteiger partial charge in [-0.2, -0.15) is 0 Å². The van der Waals surface area contributed by atoms with E-state index in [1.807, 2.05) is 0 Å². The van der Waals surface area contributed by atoms with Crippen LogP contribution in [0.5, 0.6) is 0 Å². The summed E-state index contributed by atoms with van der Waals surface area (Å²) in [5, 5.41) is 3.16. The summed E-state index contributed by atoms with van der Waals surface area (Å²) in [7, 11) is 1.53. The molecular weight excluding hydrogens is 399 g/mol. The molecule has 1 aliphatic rings. The molecule has 1 atom stereocenters. The minimum absolute atomic E-state index is 0.101. The number of benzene rings is 1. The van der Waals surface area contributed by atoms with Crippen LogP contribution in [0, 0.1) is 0 Å². The fourth-order valence-electron chi connectivity index (χ4n) is 2.18. The molecule has 0 aliphatic carbocycles. The van der Waals surface area contributed by atoms with Crippen LogP contribution in [0.1, 0.15) is 18.9 Å². The Balaban J connectivity index is 1.96. The van der Waals surface area contributed by atoms with Crippen LogP contribution >= 0.6 is 35.0 Å². The van der Waals surface area contributed by atoms with E-state index in [9.17, 15) is 14.4 Å². The molecule has 6 nitrogen and oxygen atoms in total. The molecular formula is C17H18Cl2N2O4S. The summed E-state index contributed by atoms with van der Waals surface area (Å²) in [5.41, 5.74) is 0.600. The smallest absolute Gasteiger partial charge is 0.293 e. The number of rotatable bonds is 7. The molecule has 1 saturated heterocycles. The fraction of sp³-hybridized carbons (Fsp3) is 0.353. The molecule has 26 heavy (non-hydrogen) atoms. The van der Waals surface area contributed by atoms with Crippen molar-refractivity contribution in [1.82, 2.24) is 10.2 Å². The first-order valence-corrected chi connectivity index (χ1v) is 9.39. The highest BCUT2D eigenvalue weighted by atomic mass is 35.5. The van der Waals surface area contributed by atoms with Gasteiger partial charge in [0.05, 0.1) is 17.4 Å². The Morgan fingerprint density at radius 3 is 2.77 bits per heavy atom. The van der Waals surface area contributed by atoms with Gasteiger partial charge in [0.1, 0.15) is 0 Å². The molecule has 0 spiro atoms. The van der Waals surface area contributed by atoms with E-state index in [-0.39, 0.29) is 41.7 Å². The molecule has 1 heterocycles. The van der Waals surface area contributed by atoms with E-state index in [2.05, 4.69) is 5.32 Å². The quantitative estimate of drug-likeness (QED) is 0.687. The molecule has 3 amide bonds. The topological polar surface area (TPSA) is 75.7 Å². The average molecular weight is 417 g/mol. The monoisotopic (exact) mass is 416 g/mol. The number of amides is 3. The zero-order valence-corrected chi connectivity index (χ0v) is 16.6. The predicted octanol–water partition coefficient (Wildman–Crippen LogP) is 3.57. The van der Waals surface area contributed by atoms with Crippen LogP contribution in [0.25, 0.3) is 6.08 Å². The molecule has 1 unspecified atom stereocenters. The van der Waals surface area contributed by atoms with Gasteiger partial charge in [0.2, 0.25) is 5.91 Å². The molecule has 140 valence electrons. The normalized spacial score (nSPS) is 17.1. The minimum atomic E-state index is -0.412. The number of ether oxygens (including phenoxy) is 1. The molecule has 1 aromatic carbocycles. The predicted molar refractivity (Wildman–Crippen MR) is 103 cm³/mol. The van der Waals surface area contributed by atoms with Crippen LogP contribution in [0.4, 0.5) is 4.79 Å². The maximum Gasteiger partial charge on any atom is 0.293 e. The maximum absolute atomic E-state index is 12.4. The third kappa shape index (κ3) is 5.48. The first-order chi connectivity index (χ1) is 12.3. The zero-order chi connectivity index (χ0) is 19.3. The average Bonchev–Trinajstić information content (AvgIpc) is 2.84. The van der Waals surface area contributed by atoms with E-state index in [1.54, 1.807) is 31.2 Å². The SMILES string of the molecule is COC(C)CC(=O)NCCN1C(=O)S/C(=C\c2ccc(Cl)cc2Cl)C1=O. The van der Waals surface area contributed by atoms with Crippen molar-refractivity contribution in [3.05, 3.63) is 38.7 Å². The van der Waals surface area contributed by atoms with Crippen LogP contribution in [0.2, 0.25) is 10.0 Å². The molecule has 1 fully saturated rings. The summed E-state index contributed by atoms with van der Waals surface area (Å²) >= 11 is 12.8. The van der Waals surface area contributed by atoms with Crippen molar-refractivity contribution in [3.63, 3.8) is 0 Å². The molecule has 1 aromatic rings. The number of thioether (sulfide) groups is 1. The van der Waals surface area contributed by atoms with E-state index in [0.717, 1.165) is 16.7 Å². The Morgan fingerprint density at radius 2 is 2.12 bits per heavy atom. The number of nitrogens with one attached hydrogen (secondary N) is 1. The van der Waals surface area contributed by atoms with Gasteiger partial charge >= 0.3 is 0 Å². The first-order valence-electron chi connectivity index (χ1n) is 7.81. The number of carbonyl (C=O) groups excluding carboxylic acids is 3. The summed E-state index contributed by atoms with van der Waals surface area (Å²) in [6.45, 7) is 2.06. The van der Waals surface area contributed by atoms with Crippen molar-refractivity contribution in [2.45, 2.75) is 19.4 Å². The van der Waals surface area contributed by atoms with Crippen LogP contribution < -0.4 is 5.32 Å². The lowest BCUT2D eigenvalue weighted by molar-refractivity contribution is -0.125. The third-order valence-corrected chi connectivity index (χ3v) is 5.13. The second-order valence-corrected chi connectivity index (χ2v) is 7.44. The molecule has 9 heteroatoms. The lowest BCUT2D eigenvalue weighted by Gasteiger charge is -2.14. The summed E-state index contributed by atoms with van der Waals surface area (Å²) < 4.78 is 5.01. The van der Waals surface area contributed by atoms with Crippen LogP contribution in [-0.2, 0) is 14.3 Å². The Labute approximate surface area is 165 Å². The Morgan fingerprint density at radius 1 is 1.38 bits per heavy atom. The van der Waals surface area contributed by atoms with Crippen molar-refractivity contribution in [3.8, 4) is 0 Å². The zero-order valence-electron chi connectivity index (χ0n) is 14.3. The fourth-order valence-corrected chi connectivity index (χ4v) is 3.50. The van der Waals surface area contributed by atoms with Gasteiger partial charge in [-0.3, -0.25) is 19.3 Å². The van der Waals surface area contributed by atoms with E-state index in [1.165, 1.54) is 7.11 Å². The Kier molecular flexibility index (Phi) is 7.52.